The Labute approximate surface area is 172 Å². The number of hydrogen-bond acceptors (Lipinski definition) is 4. The van der Waals surface area contributed by atoms with E-state index in [2.05, 4.69) is 5.32 Å². The molecule has 0 heterocycles. The fourth-order valence-electron chi connectivity index (χ4n) is 2.95. The number of benzene rings is 2. The van der Waals surface area contributed by atoms with Gasteiger partial charge in [-0.2, -0.15) is 4.31 Å². The monoisotopic (exact) mass is 417 g/mol. The molecule has 8 heteroatoms. The SMILES string of the molecule is CCN(CC)S(=O)(=O)c1ccc(C(=O)N(C)Cc2ccc(C(=O)NC)cc2)cc1. The molecule has 0 aliphatic rings. The van der Waals surface area contributed by atoms with Gasteiger partial charge < -0.3 is 10.2 Å². The average molecular weight is 418 g/mol. The number of hydrogen-bond donors (Lipinski definition) is 1. The molecule has 2 aromatic rings. The van der Waals surface area contributed by atoms with Gasteiger partial charge in [0.15, 0.2) is 0 Å². The number of nitrogens with one attached hydrogen (secondary N) is 1. The van der Waals surface area contributed by atoms with Gasteiger partial charge in [-0.3, -0.25) is 9.59 Å². The van der Waals surface area contributed by atoms with Crippen molar-refractivity contribution in [3.05, 3.63) is 65.2 Å². The van der Waals surface area contributed by atoms with Crippen LogP contribution in [0.3, 0.4) is 0 Å². The van der Waals surface area contributed by atoms with Crippen molar-refractivity contribution in [2.75, 3.05) is 27.2 Å². The first kappa shape index (κ1) is 22.6. The van der Waals surface area contributed by atoms with Gasteiger partial charge in [0, 0.05) is 44.9 Å². The Morgan fingerprint density at radius 1 is 0.897 bits per heavy atom. The summed E-state index contributed by atoms with van der Waals surface area (Å²) in [7, 11) is -0.303. The number of rotatable bonds is 8. The van der Waals surface area contributed by atoms with Gasteiger partial charge in [-0.05, 0) is 42.0 Å². The lowest BCUT2D eigenvalue weighted by atomic mass is 10.1. The molecule has 7 nitrogen and oxygen atoms in total. The number of carbonyl (C=O) groups is 2. The van der Waals surface area contributed by atoms with E-state index in [1.54, 1.807) is 57.1 Å². The first-order valence-electron chi connectivity index (χ1n) is 9.41. The molecule has 0 spiro atoms. The van der Waals surface area contributed by atoms with Crippen LogP contribution in [0.4, 0.5) is 0 Å². The minimum atomic E-state index is -3.55. The van der Waals surface area contributed by atoms with Crippen molar-refractivity contribution in [2.45, 2.75) is 25.3 Å². The molecule has 1 N–H and O–H groups in total. The fraction of sp³-hybridized carbons (Fsp3) is 0.333. The smallest absolute Gasteiger partial charge is 0.253 e. The molecule has 0 saturated carbocycles. The van der Waals surface area contributed by atoms with Gasteiger partial charge in [-0.1, -0.05) is 26.0 Å². The zero-order valence-electron chi connectivity index (χ0n) is 17.2. The molecule has 0 fully saturated rings. The summed E-state index contributed by atoms with van der Waals surface area (Å²) < 4.78 is 26.5. The molecule has 0 atom stereocenters. The van der Waals surface area contributed by atoms with E-state index in [-0.39, 0.29) is 16.7 Å². The van der Waals surface area contributed by atoms with Crippen molar-refractivity contribution >= 4 is 21.8 Å². The second-order valence-corrected chi connectivity index (χ2v) is 8.49. The highest BCUT2D eigenvalue weighted by Gasteiger charge is 2.22. The van der Waals surface area contributed by atoms with E-state index in [1.165, 1.54) is 28.6 Å². The largest absolute Gasteiger partial charge is 0.355 e. The Balaban J connectivity index is 2.11. The summed E-state index contributed by atoms with van der Waals surface area (Å²) in [6, 6.07) is 13.0. The van der Waals surface area contributed by atoms with Crippen LogP contribution in [-0.4, -0.2) is 56.6 Å². The second kappa shape index (κ2) is 9.67. The number of carbonyl (C=O) groups excluding carboxylic acids is 2. The van der Waals surface area contributed by atoms with E-state index in [4.69, 9.17) is 0 Å². The number of amides is 2. The molecular weight excluding hydrogens is 390 g/mol. The highest BCUT2D eigenvalue weighted by Crippen LogP contribution is 2.17. The van der Waals surface area contributed by atoms with Crippen molar-refractivity contribution in [1.82, 2.24) is 14.5 Å². The topological polar surface area (TPSA) is 86.8 Å². The summed E-state index contributed by atoms with van der Waals surface area (Å²) in [4.78, 5) is 26.0. The van der Waals surface area contributed by atoms with Gasteiger partial charge in [0.2, 0.25) is 10.0 Å². The van der Waals surface area contributed by atoms with Crippen molar-refractivity contribution in [3.63, 3.8) is 0 Å². The second-order valence-electron chi connectivity index (χ2n) is 6.55. The molecule has 0 saturated heterocycles. The van der Waals surface area contributed by atoms with Crippen LogP contribution in [-0.2, 0) is 16.6 Å². The van der Waals surface area contributed by atoms with E-state index in [1.807, 2.05) is 0 Å². The lowest BCUT2D eigenvalue weighted by Gasteiger charge is -2.20. The first-order chi connectivity index (χ1) is 13.7. The van der Waals surface area contributed by atoms with Crippen LogP contribution < -0.4 is 5.32 Å². The van der Waals surface area contributed by atoms with Crippen LogP contribution in [0, 0.1) is 0 Å². The molecule has 0 aromatic heterocycles. The van der Waals surface area contributed by atoms with E-state index < -0.39 is 10.0 Å². The average Bonchev–Trinajstić information content (AvgIpc) is 2.73. The van der Waals surface area contributed by atoms with Gasteiger partial charge in [-0.25, -0.2) is 8.42 Å². The quantitative estimate of drug-likeness (QED) is 0.714. The third-order valence-electron chi connectivity index (χ3n) is 4.65. The van der Waals surface area contributed by atoms with Gasteiger partial charge in [0.1, 0.15) is 0 Å². The zero-order valence-corrected chi connectivity index (χ0v) is 18.0. The summed E-state index contributed by atoms with van der Waals surface area (Å²) >= 11 is 0. The minimum Gasteiger partial charge on any atom is -0.355 e. The molecule has 2 rings (SSSR count). The molecule has 0 unspecified atom stereocenters. The fourth-order valence-corrected chi connectivity index (χ4v) is 4.41. The predicted molar refractivity (Wildman–Crippen MR) is 112 cm³/mol. The van der Waals surface area contributed by atoms with E-state index in [9.17, 15) is 18.0 Å². The van der Waals surface area contributed by atoms with Gasteiger partial charge in [-0.15, -0.1) is 0 Å². The molecule has 0 aliphatic carbocycles. The summed E-state index contributed by atoms with van der Waals surface area (Å²) in [5.41, 5.74) is 1.84. The van der Waals surface area contributed by atoms with Crippen LogP contribution in [0.2, 0.25) is 0 Å². The molecule has 0 radical (unpaired) electrons. The molecule has 0 aliphatic heterocycles. The molecule has 29 heavy (non-hydrogen) atoms. The van der Waals surface area contributed by atoms with E-state index in [0.29, 0.717) is 30.8 Å². The summed E-state index contributed by atoms with van der Waals surface area (Å²) in [5, 5.41) is 2.56. The third-order valence-corrected chi connectivity index (χ3v) is 6.72. The van der Waals surface area contributed by atoms with E-state index >= 15 is 0 Å². The van der Waals surface area contributed by atoms with Crippen molar-refractivity contribution in [2.24, 2.45) is 0 Å². The Morgan fingerprint density at radius 2 is 1.41 bits per heavy atom. The van der Waals surface area contributed by atoms with Crippen molar-refractivity contribution in [3.8, 4) is 0 Å². The Kier molecular flexibility index (Phi) is 7.53. The predicted octanol–water partition coefficient (Wildman–Crippen LogP) is 2.35. The highest BCUT2D eigenvalue weighted by atomic mass is 32.2. The molecule has 0 bridgehead atoms. The molecular formula is C21H27N3O4S. The van der Waals surface area contributed by atoms with Gasteiger partial charge in [0.25, 0.3) is 11.8 Å². The summed E-state index contributed by atoms with van der Waals surface area (Å²) in [6.07, 6.45) is 0. The maximum atomic E-state index is 12.7. The Morgan fingerprint density at radius 3 is 1.90 bits per heavy atom. The van der Waals surface area contributed by atoms with Gasteiger partial charge >= 0.3 is 0 Å². The number of nitrogens with zero attached hydrogens (tertiary/aromatic N) is 2. The minimum absolute atomic E-state index is 0.166. The van der Waals surface area contributed by atoms with Crippen molar-refractivity contribution in [1.29, 1.82) is 0 Å². The first-order valence-corrected chi connectivity index (χ1v) is 10.8. The molecule has 2 amide bonds. The van der Waals surface area contributed by atoms with Crippen LogP contribution in [0.1, 0.15) is 40.1 Å². The summed E-state index contributed by atoms with van der Waals surface area (Å²) in [5.74, 6) is -0.382. The molecule has 156 valence electrons. The zero-order chi connectivity index (χ0) is 21.6. The third kappa shape index (κ3) is 5.21. The normalized spacial score (nSPS) is 11.3. The standard InChI is InChI=1S/C21H27N3O4S/c1-5-24(6-2)29(27,28)19-13-11-18(12-14-19)21(26)23(4)15-16-7-9-17(10-8-16)20(25)22-3/h7-14H,5-6,15H2,1-4H3,(H,22,25). The Bertz CT molecular complexity index is 950. The van der Waals surface area contributed by atoms with Crippen molar-refractivity contribution < 1.29 is 18.0 Å². The lowest BCUT2D eigenvalue weighted by Crippen LogP contribution is -2.30. The maximum Gasteiger partial charge on any atom is 0.253 e. The number of sulfonamides is 1. The highest BCUT2D eigenvalue weighted by molar-refractivity contribution is 7.89. The Hall–Kier alpha value is -2.71. The lowest BCUT2D eigenvalue weighted by molar-refractivity contribution is 0.0784. The van der Waals surface area contributed by atoms with Crippen LogP contribution in [0.25, 0.3) is 0 Å². The van der Waals surface area contributed by atoms with E-state index in [0.717, 1.165) is 5.56 Å². The van der Waals surface area contributed by atoms with Crippen LogP contribution in [0.5, 0.6) is 0 Å². The van der Waals surface area contributed by atoms with Gasteiger partial charge in [0.05, 0.1) is 4.90 Å². The van der Waals surface area contributed by atoms with Crippen LogP contribution in [0.15, 0.2) is 53.4 Å². The molecule has 2 aromatic carbocycles. The maximum absolute atomic E-state index is 12.7. The van der Waals surface area contributed by atoms with Crippen LogP contribution >= 0.6 is 0 Å². The summed E-state index contributed by atoms with van der Waals surface area (Å²) in [6.45, 7) is 4.72.